The molecule has 2 fully saturated rings. The first-order valence-corrected chi connectivity index (χ1v) is 7.25. The summed E-state index contributed by atoms with van der Waals surface area (Å²) in [6.07, 6.45) is 5.09. The summed E-state index contributed by atoms with van der Waals surface area (Å²) in [6.45, 7) is 4.33. The molecule has 19 heavy (non-hydrogen) atoms. The molecule has 0 amide bonds. The Kier molecular flexibility index (Phi) is 3.99. The van der Waals surface area contributed by atoms with Gasteiger partial charge < -0.3 is 14.8 Å². The van der Waals surface area contributed by atoms with Gasteiger partial charge in [-0.25, -0.2) is 0 Å². The summed E-state index contributed by atoms with van der Waals surface area (Å²) in [5, 5.41) is 3.49. The first-order valence-electron chi connectivity index (χ1n) is 7.25. The highest BCUT2D eigenvalue weighted by Gasteiger charge is 2.21. The van der Waals surface area contributed by atoms with Gasteiger partial charge in [0.15, 0.2) is 0 Å². The van der Waals surface area contributed by atoms with E-state index >= 15 is 0 Å². The molecule has 1 aliphatic carbocycles. The van der Waals surface area contributed by atoms with E-state index in [2.05, 4.69) is 10.3 Å². The second-order valence-electron chi connectivity index (χ2n) is 5.50. The SMILES string of the molecule is Cc1ccc(OCC2CCCO2)c(CNC2CC2)n1. The van der Waals surface area contributed by atoms with E-state index in [1.54, 1.807) is 0 Å². The van der Waals surface area contributed by atoms with E-state index in [9.17, 15) is 0 Å². The van der Waals surface area contributed by atoms with Gasteiger partial charge in [0.2, 0.25) is 0 Å². The van der Waals surface area contributed by atoms with Crippen molar-refractivity contribution in [2.45, 2.75) is 51.3 Å². The summed E-state index contributed by atoms with van der Waals surface area (Å²) >= 11 is 0. The van der Waals surface area contributed by atoms with Crippen LogP contribution in [0.5, 0.6) is 5.75 Å². The van der Waals surface area contributed by atoms with Crippen molar-refractivity contribution in [3.05, 3.63) is 23.5 Å². The third-order valence-corrected chi connectivity index (χ3v) is 3.66. The van der Waals surface area contributed by atoms with E-state index < -0.39 is 0 Å². The topological polar surface area (TPSA) is 43.4 Å². The van der Waals surface area contributed by atoms with Crippen molar-refractivity contribution in [1.82, 2.24) is 10.3 Å². The van der Waals surface area contributed by atoms with E-state index in [1.807, 2.05) is 19.1 Å². The Labute approximate surface area is 114 Å². The molecule has 0 aromatic carbocycles. The molecule has 1 aromatic heterocycles. The molecule has 4 nitrogen and oxygen atoms in total. The largest absolute Gasteiger partial charge is 0.489 e. The zero-order chi connectivity index (χ0) is 13.1. The van der Waals surface area contributed by atoms with Crippen LogP contribution < -0.4 is 10.1 Å². The predicted molar refractivity (Wildman–Crippen MR) is 73.3 cm³/mol. The fourth-order valence-corrected chi connectivity index (χ4v) is 2.34. The number of nitrogens with zero attached hydrogens (tertiary/aromatic N) is 1. The molecule has 1 unspecified atom stereocenters. The van der Waals surface area contributed by atoms with Crippen molar-refractivity contribution in [2.24, 2.45) is 0 Å². The van der Waals surface area contributed by atoms with E-state index in [1.165, 1.54) is 12.8 Å². The zero-order valence-electron chi connectivity index (χ0n) is 11.5. The van der Waals surface area contributed by atoms with Gasteiger partial charge in [-0.3, -0.25) is 4.98 Å². The summed E-state index contributed by atoms with van der Waals surface area (Å²) in [5.41, 5.74) is 2.06. The lowest BCUT2D eigenvalue weighted by Gasteiger charge is -2.15. The average molecular weight is 262 g/mol. The minimum absolute atomic E-state index is 0.255. The van der Waals surface area contributed by atoms with Gasteiger partial charge in [0.1, 0.15) is 12.4 Å². The van der Waals surface area contributed by atoms with E-state index in [4.69, 9.17) is 9.47 Å². The van der Waals surface area contributed by atoms with Gasteiger partial charge in [0.25, 0.3) is 0 Å². The van der Waals surface area contributed by atoms with Crippen molar-refractivity contribution in [3.8, 4) is 5.75 Å². The maximum absolute atomic E-state index is 5.90. The Hall–Kier alpha value is -1.13. The van der Waals surface area contributed by atoms with Crippen LogP contribution in [-0.4, -0.2) is 30.3 Å². The van der Waals surface area contributed by atoms with Crippen molar-refractivity contribution in [2.75, 3.05) is 13.2 Å². The van der Waals surface area contributed by atoms with Crippen LogP contribution in [0.4, 0.5) is 0 Å². The number of ether oxygens (including phenoxy) is 2. The number of nitrogens with one attached hydrogen (secondary N) is 1. The van der Waals surface area contributed by atoms with Crippen LogP contribution in [0.1, 0.15) is 37.1 Å². The van der Waals surface area contributed by atoms with E-state index in [0.717, 1.165) is 43.1 Å². The second kappa shape index (κ2) is 5.88. The van der Waals surface area contributed by atoms with Gasteiger partial charge in [-0.1, -0.05) is 0 Å². The summed E-state index contributed by atoms with van der Waals surface area (Å²) in [5.74, 6) is 0.897. The molecule has 1 atom stereocenters. The van der Waals surface area contributed by atoms with Crippen molar-refractivity contribution >= 4 is 0 Å². The van der Waals surface area contributed by atoms with Crippen LogP contribution >= 0.6 is 0 Å². The Morgan fingerprint density at radius 3 is 3.00 bits per heavy atom. The van der Waals surface area contributed by atoms with E-state index in [0.29, 0.717) is 12.6 Å². The van der Waals surface area contributed by atoms with Crippen LogP contribution in [0.25, 0.3) is 0 Å². The Morgan fingerprint density at radius 2 is 2.26 bits per heavy atom. The highest BCUT2D eigenvalue weighted by Crippen LogP contribution is 2.23. The molecule has 0 radical (unpaired) electrons. The van der Waals surface area contributed by atoms with Crippen LogP contribution in [0.15, 0.2) is 12.1 Å². The highest BCUT2D eigenvalue weighted by atomic mass is 16.5. The maximum atomic E-state index is 5.90. The first kappa shape index (κ1) is 12.9. The zero-order valence-corrected chi connectivity index (χ0v) is 11.5. The summed E-state index contributed by atoms with van der Waals surface area (Å²) in [7, 11) is 0. The molecule has 1 N–H and O–H groups in total. The van der Waals surface area contributed by atoms with Crippen LogP contribution in [-0.2, 0) is 11.3 Å². The number of rotatable bonds is 6. The monoisotopic (exact) mass is 262 g/mol. The number of hydrogen-bond donors (Lipinski definition) is 1. The van der Waals surface area contributed by atoms with Crippen molar-refractivity contribution in [1.29, 1.82) is 0 Å². The number of aromatic nitrogens is 1. The Bertz CT molecular complexity index is 426. The predicted octanol–water partition coefficient (Wildman–Crippen LogP) is 2.20. The molecule has 0 spiro atoms. The summed E-state index contributed by atoms with van der Waals surface area (Å²) in [6, 6.07) is 4.72. The highest BCUT2D eigenvalue weighted by molar-refractivity contribution is 5.29. The maximum Gasteiger partial charge on any atom is 0.142 e. The smallest absolute Gasteiger partial charge is 0.142 e. The van der Waals surface area contributed by atoms with Crippen molar-refractivity contribution < 1.29 is 9.47 Å². The molecule has 104 valence electrons. The molecule has 1 saturated heterocycles. The van der Waals surface area contributed by atoms with Crippen LogP contribution in [0.3, 0.4) is 0 Å². The molecule has 4 heteroatoms. The normalized spacial score (nSPS) is 22.7. The standard InChI is InChI=1S/C15H22N2O2/c1-11-4-7-15(19-10-13-3-2-8-18-13)14(17-11)9-16-12-5-6-12/h4,7,12-13,16H,2-3,5-6,8-10H2,1H3. The molecular weight excluding hydrogens is 240 g/mol. The average Bonchev–Trinajstić information content (AvgIpc) is 3.10. The van der Waals surface area contributed by atoms with Gasteiger partial charge in [-0.15, -0.1) is 0 Å². The molecule has 1 aromatic rings. The first-order chi connectivity index (χ1) is 9.31. The van der Waals surface area contributed by atoms with Gasteiger partial charge in [-0.2, -0.15) is 0 Å². The second-order valence-corrected chi connectivity index (χ2v) is 5.50. The lowest BCUT2D eigenvalue weighted by molar-refractivity contribution is 0.0674. The third kappa shape index (κ3) is 3.67. The number of hydrogen-bond acceptors (Lipinski definition) is 4. The van der Waals surface area contributed by atoms with Gasteiger partial charge >= 0.3 is 0 Å². The fraction of sp³-hybridized carbons (Fsp3) is 0.667. The Balaban J connectivity index is 1.60. The minimum atomic E-state index is 0.255. The molecule has 2 heterocycles. The van der Waals surface area contributed by atoms with Crippen LogP contribution in [0, 0.1) is 6.92 Å². The molecule has 3 rings (SSSR count). The molecular formula is C15H22N2O2. The molecule has 1 aliphatic heterocycles. The lowest BCUT2D eigenvalue weighted by atomic mass is 10.2. The van der Waals surface area contributed by atoms with Gasteiger partial charge in [0.05, 0.1) is 11.8 Å². The summed E-state index contributed by atoms with van der Waals surface area (Å²) < 4.78 is 11.5. The lowest BCUT2D eigenvalue weighted by Crippen LogP contribution is -2.20. The van der Waals surface area contributed by atoms with Gasteiger partial charge in [-0.05, 0) is 44.7 Å². The van der Waals surface area contributed by atoms with Crippen molar-refractivity contribution in [3.63, 3.8) is 0 Å². The van der Waals surface area contributed by atoms with E-state index in [-0.39, 0.29) is 6.10 Å². The fourth-order valence-electron chi connectivity index (χ4n) is 2.34. The minimum Gasteiger partial charge on any atom is -0.489 e. The number of aryl methyl sites for hydroxylation is 1. The molecule has 0 bridgehead atoms. The quantitative estimate of drug-likeness (QED) is 0.853. The van der Waals surface area contributed by atoms with Gasteiger partial charge in [0, 0.05) is 24.9 Å². The third-order valence-electron chi connectivity index (χ3n) is 3.66. The molecule has 1 saturated carbocycles. The number of pyridine rings is 1. The summed E-state index contributed by atoms with van der Waals surface area (Å²) in [4.78, 5) is 4.59. The Morgan fingerprint density at radius 1 is 1.37 bits per heavy atom. The van der Waals surface area contributed by atoms with Crippen LogP contribution in [0.2, 0.25) is 0 Å². The molecule has 2 aliphatic rings.